The van der Waals surface area contributed by atoms with Crippen molar-refractivity contribution in [2.75, 3.05) is 13.1 Å². The summed E-state index contributed by atoms with van der Waals surface area (Å²) in [6, 6.07) is 1.80. The number of likely N-dealkylation sites (tertiary alicyclic amines) is 1. The quantitative estimate of drug-likeness (QED) is 0.781. The molecule has 0 saturated carbocycles. The number of hydrogen-bond acceptors (Lipinski definition) is 4. The van der Waals surface area contributed by atoms with E-state index in [-0.39, 0.29) is 12.0 Å². The van der Waals surface area contributed by atoms with E-state index < -0.39 is 5.60 Å². The number of ether oxygens (including phenoxy) is 1. The van der Waals surface area contributed by atoms with Crippen molar-refractivity contribution in [2.24, 2.45) is 0 Å². The largest absolute Gasteiger partial charge is 0.444 e. The molecule has 5 nitrogen and oxygen atoms in total. The summed E-state index contributed by atoms with van der Waals surface area (Å²) in [6.45, 7) is 7.03. The molecule has 2 heterocycles. The van der Waals surface area contributed by atoms with Gasteiger partial charge in [-0.25, -0.2) is 14.8 Å². The minimum Gasteiger partial charge on any atom is -0.444 e. The van der Waals surface area contributed by atoms with Crippen molar-refractivity contribution in [2.45, 2.75) is 45.1 Å². The normalized spacial score (nSPS) is 20.2. The molecule has 0 radical (unpaired) electrons. The summed E-state index contributed by atoms with van der Waals surface area (Å²) in [5, 5.41) is 0. The third-order valence-corrected chi connectivity index (χ3v) is 3.02. The smallest absolute Gasteiger partial charge is 0.410 e. The lowest BCUT2D eigenvalue weighted by atomic mass is 9.97. The summed E-state index contributed by atoms with van der Waals surface area (Å²) in [5.41, 5.74) is -0.451. The van der Waals surface area contributed by atoms with Crippen molar-refractivity contribution in [3.8, 4) is 0 Å². The Kier molecular flexibility index (Phi) is 4.02. The lowest BCUT2D eigenvalue weighted by Gasteiger charge is -2.33. The van der Waals surface area contributed by atoms with E-state index in [0.717, 1.165) is 25.2 Å². The predicted octanol–water partition coefficient (Wildman–Crippen LogP) is 2.59. The zero-order chi connectivity index (χ0) is 13.9. The molecule has 1 unspecified atom stereocenters. The number of nitrogens with zero attached hydrogens (tertiary/aromatic N) is 3. The van der Waals surface area contributed by atoms with Gasteiger partial charge in [0.15, 0.2) is 0 Å². The van der Waals surface area contributed by atoms with Gasteiger partial charge in [0, 0.05) is 31.4 Å². The minimum atomic E-state index is -0.451. The van der Waals surface area contributed by atoms with Crippen LogP contribution in [0.5, 0.6) is 0 Å². The van der Waals surface area contributed by atoms with Gasteiger partial charge in [-0.15, -0.1) is 0 Å². The van der Waals surface area contributed by atoms with Gasteiger partial charge in [0.05, 0.1) is 0 Å². The Labute approximate surface area is 114 Å². The van der Waals surface area contributed by atoms with Crippen LogP contribution in [0.4, 0.5) is 4.79 Å². The van der Waals surface area contributed by atoms with Crippen LogP contribution in [0.15, 0.2) is 18.5 Å². The van der Waals surface area contributed by atoms with Gasteiger partial charge in [0.1, 0.15) is 11.4 Å². The van der Waals surface area contributed by atoms with Gasteiger partial charge < -0.3 is 9.64 Å². The van der Waals surface area contributed by atoms with Gasteiger partial charge in [-0.1, -0.05) is 0 Å². The molecule has 1 aromatic heterocycles. The van der Waals surface area contributed by atoms with Crippen molar-refractivity contribution < 1.29 is 9.53 Å². The van der Waals surface area contributed by atoms with E-state index in [1.165, 1.54) is 0 Å². The zero-order valence-electron chi connectivity index (χ0n) is 11.8. The number of carbonyl (C=O) groups excluding carboxylic acids is 1. The SMILES string of the molecule is CC(C)(C)OC(=O)N1CCCC(c2ncccn2)C1. The van der Waals surface area contributed by atoms with Crippen LogP contribution in [0.1, 0.15) is 45.4 Å². The topological polar surface area (TPSA) is 55.3 Å². The summed E-state index contributed by atoms with van der Waals surface area (Å²) in [4.78, 5) is 22.4. The molecule has 1 aliphatic heterocycles. The molecule has 0 N–H and O–H groups in total. The maximum absolute atomic E-state index is 12.1. The molecule has 1 fully saturated rings. The van der Waals surface area contributed by atoms with Crippen LogP contribution in [-0.4, -0.2) is 39.7 Å². The number of hydrogen-bond donors (Lipinski definition) is 0. The first kappa shape index (κ1) is 13.8. The Bertz CT molecular complexity index is 428. The Balaban J connectivity index is 2.00. The first-order valence-electron chi connectivity index (χ1n) is 6.70. The molecule has 1 aliphatic rings. The Morgan fingerprint density at radius 3 is 2.68 bits per heavy atom. The van der Waals surface area contributed by atoms with Crippen LogP contribution in [0, 0.1) is 0 Å². The van der Waals surface area contributed by atoms with Crippen LogP contribution in [0.3, 0.4) is 0 Å². The van der Waals surface area contributed by atoms with E-state index in [9.17, 15) is 4.79 Å². The molecule has 0 bridgehead atoms. The molecular formula is C14H21N3O2. The van der Waals surface area contributed by atoms with E-state index in [1.54, 1.807) is 23.4 Å². The van der Waals surface area contributed by atoms with Gasteiger partial charge in [-0.2, -0.15) is 0 Å². The number of carbonyl (C=O) groups is 1. The fraction of sp³-hybridized carbons (Fsp3) is 0.643. The second-order valence-corrected chi connectivity index (χ2v) is 5.87. The maximum atomic E-state index is 12.1. The lowest BCUT2D eigenvalue weighted by molar-refractivity contribution is 0.0196. The number of amides is 1. The molecule has 1 amide bonds. The van der Waals surface area contributed by atoms with Gasteiger partial charge in [0.25, 0.3) is 0 Å². The fourth-order valence-corrected chi connectivity index (χ4v) is 2.20. The van der Waals surface area contributed by atoms with Crippen LogP contribution in [0.25, 0.3) is 0 Å². The molecule has 0 spiro atoms. The molecule has 1 atom stereocenters. The van der Waals surface area contributed by atoms with Crippen LogP contribution in [-0.2, 0) is 4.74 Å². The van der Waals surface area contributed by atoms with Gasteiger partial charge in [-0.05, 0) is 39.7 Å². The highest BCUT2D eigenvalue weighted by Crippen LogP contribution is 2.25. The molecule has 19 heavy (non-hydrogen) atoms. The first-order chi connectivity index (χ1) is 8.96. The van der Waals surface area contributed by atoms with Crippen molar-refractivity contribution in [3.05, 3.63) is 24.3 Å². The first-order valence-corrected chi connectivity index (χ1v) is 6.70. The van der Waals surface area contributed by atoms with Crippen molar-refractivity contribution >= 4 is 6.09 Å². The zero-order valence-corrected chi connectivity index (χ0v) is 11.8. The average Bonchev–Trinajstić information content (AvgIpc) is 2.38. The summed E-state index contributed by atoms with van der Waals surface area (Å²) in [7, 11) is 0. The standard InChI is InChI=1S/C14H21N3O2/c1-14(2,3)19-13(18)17-9-4-6-11(10-17)12-15-7-5-8-16-12/h5,7-8,11H,4,6,9-10H2,1-3H3. The average molecular weight is 263 g/mol. The van der Waals surface area contributed by atoms with E-state index in [2.05, 4.69) is 9.97 Å². The van der Waals surface area contributed by atoms with Crippen molar-refractivity contribution in [1.82, 2.24) is 14.9 Å². The summed E-state index contributed by atoms with van der Waals surface area (Å²) in [6.07, 6.45) is 5.22. The second-order valence-electron chi connectivity index (χ2n) is 5.87. The lowest BCUT2D eigenvalue weighted by Crippen LogP contribution is -2.42. The van der Waals surface area contributed by atoms with E-state index in [1.807, 2.05) is 20.8 Å². The summed E-state index contributed by atoms with van der Waals surface area (Å²) in [5.74, 6) is 1.03. The Morgan fingerprint density at radius 1 is 1.37 bits per heavy atom. The highest BCUT2D eigenvalue weighted by molar-refractivity contribution is 5.68. The summed E-state index contributed by atoms with van der Waals surface area (Å²) < 4.78 is 5.41. The highest BCUT2D eigenvalue weighted by atomic mass is 16.6. The van der Waals surface area contributed by atoms with Gasteiger partial charge in [-0.3, -0.25) is 0 Å². The molecule has 104 valence electrons. The molecule has 2 rings (SSSR count). The minimum absolute atomic E-state index is 0.211. The third-order valence-electron chi connectivity index (χ3n) is 3.02. The molecule has 5 heteroatoms. The van der Waals surface area contributed by atoms with Crippen molar-refractivity contribution in [1.29, 1.82) is 0 Å². The van der Waals surface area contributed by atoms with Gasteiger partial charge >= 0.3 is 6.09 Å². The maximum Gasteiger partial charge on any atom is 0.410 e. The Hall–Kier alpha value is -1.65. The fourth-order valence-electron chi connectivity index (χ4n) is 2.20. The summed E-state index contributed by atoms with van der Waals surface area (Å²) >= 11 is 0. The highest BCUT2D eigenvalue weighted by Gasteiger charge is 2.29. The monoisotopic (exact) mass is 263 g/mol. The molecule has 1 aromatic rings. The number of rotatable bonds is 1. The van der Waals surface area contributed by atoms with E-state index >= 15 is 0 Å². The second kappa shape index (κ2) is 5.55. The molecule has 0 aliphatic carbocycles. The van der Waals surface area contributed by atoms with E-state index in [0.29, 0.717) is 6.54 Å². The van der Waals surface area contributed by atoms with Crippen molar-refractivity contribution in [3.63, 3.8) is 0 Å². The van der Waals surface area contributed by atoms with E-state index in [4.69, 9.17) is 4.74 Å². The number of aromatic nitrogens is 2. The molecule has 1 saturated heterocycles. The molecule has 0 aromatic carbocycles. The predicted molar refractivity (Wildman–Crippen MR) is 71.8 cm³/mol. The Morgan fingerprint density at radius 2 is 2.05 bits per heavy atom. The van der Waals surface area contributed by atoms with Gasteiger partial charge in [0.2, 0.25) is 0 Å². The number of piperidine rings is 1. The van der Waals surface area contributed by atoms with Crippen LogP contribution in [0.2, 0.25) is 0 Å². The van der Waals surface area contributed by atoms with Crippen LogP contribution < -0.4 is 0 Å². The van der Waals surface area contributed by atoms with Crippen LogP contribution >= 0.6 is 0 Å². The molecular weight excluding hydrogens is 242 g/mol. The third kappa shape index (κ3) is 3.91.